The number of halogens is 2. The molecule has 9 heteroatoms. The van der Waals surface area contributed by atoms with E-state index in [1.165, 1.54) is 6.92 Å². The van der Waals surface area contributed by atoms with Crippen LogP contribution >= 0.6 is 23.2 Å². The van der Waals surface area contributed by atoms with Crippen LogP contribution in [0.5, 0.6) is 0 Å². The highest BCUT2D eigenvalue weighted by molar-refractivity contribution is 6.31. The molecule has 7 nitrogen and oxygen atoms in total. The predicted molar refractivity (Wildman–Crippen MR) is 145 cm³/mol. The number of rotatable bonds is 8. The summed E-state index contributed by atoms with van der Waals surface area (Å²) in [4.78, 5) is 41.9. The lowest BCUT2D eigenvalue weighted by molar-refractivity contribution is -0.147. The van der Waals surface area contributed by atoms with Crippen LogP contribution in [0.25, 0.3) is 0 Å². The molecule has 2 aliphatic rings. The SMILES string of the molecule is CCOC(=O)C1Nc2cc(Cl)ccc2C1C(C(=O)NC1CCCCC1)N(Cc1ccc(Cl)cc1)C(C)=O. The van der Waals surface area contributed by atoms with Crippen molar-refractivity contribution in [2.45, 2.75) is 76.5 Å². The van der Waals surface area contributed by atoms with Gasteiger partial charge in [-0.25, -0.2) is 4.79 Å². The Morgan fingerprint density at radius 3 is 2.38 bits per heavy atom. The van der Waals surface area contributed by atoms with Gasteiger partial charge in [0.15, 0.2) is 0 Å². The molecule has 2 amide bonds. The molecule has 3 unspecified atom stereocenters. The molecule has 4 rings (SSSR count). The van der Waals surface area contributed by atoms with E-state index < -0.39 is 24.0 Å². The number of carbonyl (C=O) groups excluding carboxylic acids is 3. The van der Waals surface area contributed by atoms with Gasteiger partial charge in [0.25, 0.3) is 0 Å². The van der Waals surface area contributed by atoms with E-state index in [4.69, 9.17) is 27.9 Å². The number of fused-ring (bicyclic) bond motifs is 1. The molecule has 1 fully saturated rings. The van der Waals surface area contributed by atoms with Crippen molar-refractivity contribution in [3.63, 3.8) is 0 Å². The third kappa shape index (κ3) is 6.39. The van der Waals surface area contributed by atoms with Gasteiger partial charge in [-0.3, -0.25) is 9.59 Å². The van der Waals surface area contributed by atoms with Crippen LogP contribution in [0.3, 0.4) is 0 Å². The quantitative estimate of drug-likeness (QED) is 0.439. The summed E-state index contributed by atoms with van der Waals surface area (Å²) < 4.78 is 5.38. The molecule has 3 atom stereocenters. The largest absolute Gasteiger partial charge is 0.464 e. The number of ether oxygens (including phenoxy) is 1. The van der Waals surface area contributed by atoms with E-state index in [1.54, 1.807) is 36.1 Å². The Morgan fingerprint density at radius 2 is 1.73 bits per heavy atom. The average molecular weight is 546 g/mol. The highest BCUT2D eigenvalue weighted by Crippen LogP contribution is 2.42. The molecule has 0 radical (unpaired) electrons. The molecule has 2 aromatic carbocycles. The molecule has 1 aliphatic carbocycles. The zero-order valence-electron chi connectivity index (χ0n) is 21.1. The van der Waals surface area contributed by atoms with E-state index in [1.807, 2.05) is 18.2 Å². The Balaban J connectivity index is 1.77. The van der Waals surface area contributed by atoms with Crippen LogP contribution in [0.4, 0.5) is 5.69 Å². The number of hydrogen-bond acceptors (Lipinski definition) is 5. The zero-order chi connectivity index (χ0) is 26.5. The number of benzene rings is 2. The average Bonchev–Trinajstić information content (AvgIpc) is 3.24. The van der Waals surface area contributed by atoms with Crippen LogP contribution in [0.1, 0.15) is 63.0 Å². The lowest BCUT2D eigenvalue weighted by Crippen LogP contribution is -2.56. The van der Waals surface area contributed by atoms with Crippen molar-refractivity contribution in [1.82, 2.24) is 10.2 Å². The summed E-state index contributed by atoms with van der Waals surface area (Å²) in [6.45, 7) is 3.56. The third-order valence-corrected chi connectivity index (χ3v) is 7.64. The van der Waals surface area contributed by atoms with Gasteiger partial charge in [-0.1, -0.05) is 60.7 Å². The maximum atomic E-state index is 14.1. The summed E-state index contributed by atoms with van der Waals surface area (Å²) in [5.74, 6) is -1.71. The third-order valence-electron chi connectivity index (χ3n) is 7.15. The van der Waals surface area contributed by atoms with Gasteiger partial charge in [-0.05, 0) is 55.2 Å². The van der Waals surface area contributed by atoms with Crippen LogP contribution in [0.15, 0.2) is 42.5 Å². The Morgan fingerprint density at radius 1 is 1.05 bits per heavy atom. The number of esters is 1. The minimum atomic E-state index is -0.959. The van der Waals surface area contributed by atoms with Crippen LogP contribution in [-0.4, -0.2) is 47.4 Å². The van der Waals surface area contributed by atoms with Gasteiger partial charge in [0.05, 0.1) is 6.61 Å². The molecule has 1 saturated carbocycles. The van der Waals surface area contributed by atoms with Gasteiger partial charge in [-0.2, -0.15) is 0 Å². The number of nitrogens with one attached hydrogen (secondary N) is 2. The lowest BCUT2D eigenvalue weighted by atomic mass is 9.85. The van der Waals surface area contributed by atoms with Crippen molar-refractivity contribution in [1.29, 1.82) is 0 Å². The summed E-state index contributed by atoms with van der Waals surface area (Å²) in [7, 11) is 0. The number of amides is 2. The molecule has 37 heavy (non-hydrogen) atoms. The minimum absolute atomic E-state index is 0.0354. The first-order valence-electron chi connectivity index (χ1n) is 12.8. The van der Waals surface area contributed by atoms with Crippen LogP contribution in [0, 0.1) is 0 Å². The van der Waals surface area contributed by atoms with Gasteiger partial charge in [0, 0.05) is 41.2 Å². The predicted octanol–water partition coefficient (Wildman–Crippen LogP) is 5.30. The molecule has 2 aromatic rings. The monoisotopic (exact) mass is 545 g/mol. The number of hydrogen-bond donors (Lipinski definition) is 2. The first-order valence-corrected chi connectivity index (χ1v) is 13.6. The summed E-state index contributed by atoms with van der Waals surface area (Å²) in [5.41, 5.74) is 2.22. The lowest BCUT2D eigenvalue weighted by Gasteiger charge is -2.37. The van der Waals surface area contributed by atoms with Crippen molar-refractivity contribution in [2.24, 2.45) is 0 Å². The van der Waals surface area contributed by atoms with Crippen LogP contribution in [0.2, 0.25) is 10.0 Å². The number of carbonyl (C=O) groups is 3. The number of nitrogens with zero attached hydrogens (tertiary/aromatic N) is 1. The first-order chi connectivity index (χ1) is 17.8. The Kier molecular flexibility index (Phi) is 8.98. The standard InChI is InChI=1S/C28H33Cl2N3O4/c1-3-37-28(36)25-24(22-14-13-20(30)15-23(22)32-25)26(27(35)31-21-7-5-4-6-8-21)33(17(2)34)16-18-9-11-19(29)12-10-18/h9-15,21,24-26,32H,3-8,16H2,1-2H3,(H,31,35). The van der Waals surface area contributed by atoms with Crippen LogP contribution < -0.4 is 10.6 Å². The summed E-state index contributed by atoms with van der Waals surface area (Å²) in [6.07, 6.45) is 5.04. The summed E-state index contributed by atoms with van der Waals surface area (Å²) >= 11 is 12.3. The van der Waals surface area contributed by atoms with E-state index >= 15 is 0 Å². The van der Waals surface area contributed by atoms with Crippen molar-refractivity contribution < 1.29 is 19.1 Å². The molecule has 198 valence electrons. The normalized spacial score (nSPS) is 19.9. The fraction of sp³-hybridized carbons (Fsp3) is 0.464. The van der Waals surface area contributed by atoms with Crippen molar-refractivity contribution in [3.05, 3.63) is 63.6 Å². The topological polar surface area (TPSA) is 87.7 Å². The highest BCUT2D eigenvalue weighted by Gasteiger charge is 2.48. The smallest absolute Gasteiger partial charge is 0.329 e. The fourth-order valence-electron chi connectivity index (χ4n) is 5.40. The number of anilines is 1. The van der Waals surface area contributed by atoms with Crippen LogP contribution in [-0.2, 0) is 25.7 Å². The van der Waals surface area contributed by atoms with E-state index in [0.29, 0.717) is 15.7 Å². The van der Waals surface area contributed by atoms with Crippen molar-refractivity contribution >= 4 is 46.7 Å². The minimum Gasteiger partial charge on any atom is -0.464 e. The van der Waals surface area contributed by atoms with Crippen molar-refractivity contribution in [2.75, 3.05) is 11.9 Å². The van der Waals surface area contributed by atoms with Gasteiger partial charge in [-0.15, -0.1) is 0 Å². The molecule has 0 saturated heterocycles. The van der Waals surface area contributed by atoms with E-state index in [2.05, 4.69) is 10.6 Å². The second-order valence-electron chi connectivity index (χ2n) is 9.69. The first kappa shape index (κ1) is 27.3. The maximum absolute atomic E-state index is 14.1. The Bertz CT molecular complexity index is 1130. The van der Waals surface area contributed by atoms with Gasteiger partial charge in [0.1, 0.15) is 12.1 Å². The molecule has 0 aromatic heterocycles. The Hall–Kier alpha value is -2.77. The van der Waals surface area contributed by atoms with Gasteiger partial charge >= 0.3 is 5.97 Å². The summed E-state index contributed by atoms with van der Waals surface area (Å²) in [6, 6.07) is 10.7. The molecular formula is C28H33Cl2N3O4. The molecule has 1 heterocycles. The van der Waals surface area contributed by atoms with E-state index in [9.17, 15) is 14.4 Å². The second kappa shape index (κ2) is 12.2. The molecule has 2 N–H and O–H groups in total. The van der Waals surface area contributed by atoms with E-state index in [0.717, 1.165) is 43.2 Å². The molecule has 1 aliphatic heterocycles. The fourth-order valence-corrected chi connectivity index (χ4v) is 5.69. The van der Waals surface area contributed by atoms with Gasteiger partial charge < -0.3 is 20.3 Å². The highest BCUT2D eigenvalue weighted by atomic mass is 35.5. The molecular weight excluding hydrogens is 513 g/mol. The summed E-state index contributed by atoms with van der Waals surface area (Å²) in [5, 5.41) is 7.50. The maximum Gasteiger partial charge on any atom is 0.329 e. The zero-order valence-corrected chi connectivity index (χ0v) is 22.6. The molecule has 0 spiro atoms. The van der Waals surface area contributed by atoms with E-state index in [-0.39, 0.29) is 31.0 Å². The van der Waals surface area contributed by atoms with Crippen molar-refractivity contribution in [3.8, 4) is 0 Å². The molecule has 0 bridgehead atoms. The Labute approximate surface area is 227 Å². The second-order valence-corrected chi connectivity index (χ2v) is 10.6. The van der Waals surface area contributed by atoms with Gasteiger partial charge in [0.2, 0.25) is 11.8 Å².